The van der Waals surface area contributed by atoms with E-state index in [9.17, 15) is 0 Å². The van der Waals surface area contributed by atoms with E-state index in [2.05, 4.69) is 37.4 Å². The summed E-state index contributed by atoms with van der Waals surface area (Å²) in [5, 5.41) is 12.5. The Hall–Kier alpha value is -2.77. The van der Waals surface area contributed by atoms with E-state index in [0.717, 1.165) is 54.7 Å². The molecule has 0 aromatic carbocycles. The SMILES string of the molecule is CCc1nc2n(n1)CCC[C@@H]2Nc1cncc(-n2nc(C)cc2C)n1. The van der Waals surface area contributed by atoms with Crippen LogP contribution in [-0.4, -0.2) is 34.5 Å². The molecule has 0 fully saturated rings. The van der Waals surface area contributed by atoms with E-state index in [0.29, 0.717) is 5.82 Å². The molecule has 0 unspecified atom stereocenters. The predicted octanol–water partition coefficient (Wildman–Crippen LogP) is 2.38. The van der Waals surface area contributed by atoms with E-state index < -0.39 is 0 Å². The minimum atomic E-state index is 0.103. The topological polar surface area (TPSA) is 86.3 Å². The van der Waals surface area contributed by atoms with Gasteiger partial charge in [0.2, 0.25) is 0 Å². The molecule has 130 valence electrons. The number of hydrogen-bond donors (Lipinski definition) is 1. The van der Waals surface area contributed by atoms with Gasteiger partial charge in [0.1, 0.15) is 11.6 Å². The molecule has 8 nitrogen and oxygen atoms in total. The van der Waals surface area contributed by atoms with Crippen molar-refractivity contribution in [3.8, 4) is 5.82 Å². The van der Waals surface area contributed by atoms with Crippen molar-refractivity contribution in [2.75, 3.05) is 5.32 Å². The Bertz CT molecular complexity index is 894. The molecule has 0 radical (unpaired) electrons. The van der Waals surface area contributed by atoms with Gasteiger partial charge in [0.05, 0.1) is 24.1 Å². The van der Waals surface area contributed by atoms with Gasteiger partial charge in [0.25, 0.3) is 0 Å². The van der Waals surface area contributed by atoms with E-state index in [-0.39, 0.29) is 6.04 Å². The molecule has 0 bridgehead atoms. The predicted molar refractivity (Wildman–Crippen MR) is 93.6 cm³/mol. The van der Waals surface area contributed by atoms with Crippen LogP contribution in [0.5, 0.6) is 0 Å². The van der Waals surface area contributed by atoms with E-state index in [4.69, 9.17) is 0 Å². The van der Waals surface area contributed by atoms with Crippen molar-refractivity contribution in [3.05, 3.63) is 41.5 Å². The molecule has 0 amide bonds. The van der Waals surface area contributed by atoms with Gasteiger partial charge in [0.15, 0.2) is 11.6 Å². The molecule has 1 N–H and O–H groups in total. The van der Waals surface area contributed by atoms with Crippen LogP contribution in [0.15, 0.2) is 18.5 Å². The van der Waals surface area contributed by atoms with E-state index in [1.807, 2.05) is 29.3 Å². The quantitative estimate of drug-likeness (QED) is 0.786. The lowest BCUT2D eigenvalue weighted by atomic mass is 10.1. The van der Waals surface area contributed by atoms with Crippen molar-refractivity contribution >= 4 is 5.82 Å². The minimum Gasteiger partial charge on any atom is -0.359 e. The van der Waals surface area contributed by atoms with Crippen molar-refractivity contribution in [2.45, 2.75) is 52.6 Å². The highest BCUT2D eigenvalue weighted by Gasteiger charge is 2.24. The minimum absolute atomic E-state index is 0.103. The first kappa shape index (κ1) is 15.7. The molecular weight excluding hydrogens is 316 g/mol. The van der Waals surface area contributed by atoms with Gasteiger partial charge in [-0.15, -0.1) is 0 Å². The maximum Gasteiger partial charge on any atom is 0.174 e. The first-order valence-electron chi connectivity index (χ1n) is 8.70. The summed E-state index contributed by atoms with van der Waals surface area (Å²) in [6.45, 7) is 6.99. The molecular formula is C17H22N8. The Balaban J connectivity index is 1.61. The zero-order valence-electron chi connectivity index (χ0n) is 14.8. The van der Waals surface area contributed by atoms with E-state index >= 15 is 0 Å². The van der Waals surface area contributed by atoms with Crippen LogP contribution in [0.3, 0.4) is 0 Å². The Morgan fingerprint density at radius 1 is 1.20 bits per heavy atom. The molecule has 25 heavy (non-hydrogen) atoms. The molecule has 0 aliphatic carbocycles. The lowest BCUT2D eigenvalue weighted by Crippen LogP contribution is -2.23. The average molecular weight is 338 g/mol. The third kappa shape index (κ3) is 2.99. The third-order valence-corrected chi connectivity index (χ3v) is 4.41. The standard InChI is InChI=1S/C17H22N8/c1-4-14-21-17-13(6-5-7-24(17)23-14)19-15-9-18-10-16(20-15)25-12(3)8-11(2)22-25/h8-10,13H,4-7H2,1-3H3,(H,19,20)/t13-/m0/s1. The zero-order valence-corrected chi connectivity index (χ0v) is 14.8. The number of nitrogens with one attached hydrogen (secondary N) is 1. The summed E-state index contributed by atoms with van der Waals surface area (Å²) in [6.07, 6.45) is 6.39. The molecule has 1 aliphatic heterocycles. The summed E-state index contributed by atoms with van der Waals surface area (Å²) in [7, 11) is 0. The molecule has 0 spiro atoms. The molecule has 1 aliphatic rings. The lowest BCUT2D eigenvalue weighted by Gasteiger charge is -2.23. The fraction of sp³-hybridized carbons (Fsp3) is 0.471. The highest BCUT2D eigenvalue weighted by molar-refractivity contribution is 5.38. The van der Waals surface area contributed by atoms with Gasteiger partial charge in [-0.25, -0.2) is 19.3 Å². The normalized spacial score (nSPS) is 16.7. The van der Waals surface area contributed by atoms with Gasteiger partial charge in [-0.2, -0.15) is 10.2 Å². The third-order valence-electron chi connectivity index (χ3n) is 4.41. The largest absolute Gasteiger partial charge is 0.359 e. The van der Waals surface area contributed by atoms with E-state index in [1.54, 1.807) is 12.4 Å². The summed E-state index contributed by atoms with van der Waals surface area (Å²) >= 11 is 0. The Morgan fingerprint density at radius 3 is 2.84 bits per heavy atom. The molecule has 1 atom stereocenters. The number of rotatable bonds is 4. The summed E-state index contributed by atoms with van der Waals surface area (Å²) in [5.41, 5.74) is 2.00. The van der Waals surface area contributed by atoms with Gasteiger partial charge >= 0.3 is 0 Å². The second-order valence-corrected chi connectivity index (χ2v) is 6.40. The lowest BCUT2D eigenvalue weighted by molar-refractivity contribution is 0.436. The summed E-state index contributed by atoms with van der Waals surface area (Å²) in [4.78, 5) is 13.7. The zero-order chi connectivity index (χ0) is 17.4. The highest BCUT2D eigenvalue weighted by atomic mass is 15.4. The van der Waals surface area contributed by atoms with Gasteiger partial charge in [-0.05, 0) is 32.8 Å². The molecule has 0 saturated heterocycles. The number of hydrogen-bond acceptors (Lipinski definition) is 6. The summed E-state index contributed by atoms with van der Waals surface area (Å²) in [5.74, 6) is 3.32. The number of aryl methyl sites for hydroxylation is 4. The highest BCUT2D eigenvalue weighted by Crippen LogP contribution is 2.26. The van der Waals surface area contributed by atoms with Crippen molar-refractivity contribution in [1.82, 2.24) is 34.5 Å². The number of aromatic nitrogens is 7. The monoisotopic (exact) mass is 338 g/mol. The molecule has 8 heteroatoms. The second kappa shape index (κ2) is 6.27. The smallest absolute Gasteiger partial charge is 0.174 e. The van der Waals surface area contributed by atoms with Crippen molar-refractivity contribution < 1.29 is 0 Å². The molecule has 0 saturated carbocycles. The summed E-state index contributed by atoms with van der Waals surface area (Å²) < 4.78 is 3.82. The van der Waals surface area contributed by atoms with Gasteiger partial charge in [-0.3, -0.25) is 4.98 Å². The maximum absolute atomic E-state index is 4.68. The van der Waals surface area contributed by atoms with Crippen LogP contribution in [0.4, 0.5) is 5.82 Å². The van der Waals surface area contributed by atoms with Crippen LogP contribution in [0, 0.1) is 13.8 Å². The van der Waals surface area contributed by atoms with Crippen molar-refractivity contribution in [3.63, 3.8) is 0 Å². The summed E-state index contributed by atoms with van der Waals surface area (Å²) in [6, 6.07) is 2.13. The van der Waals surface area contributed by atoms with Crippen LogP contribution in [-0.2, 0) is 13.0 Å². The number of fused-ring (bicyclic) bond motifs is 1. The van der Waals surface area contributed by atoms with Crippen LogP contribution in [0.2, 0.25) is 0 Å². The average Bonchev–Trinajstić information content (AvgIpc) is 3.18. The number of nitrogens with zero attached hydrogens (tertiary/aromatic N) is 7. The molecule has 4 rings (SSSR count). The first-order valence-corrected chi connectivity index (χ1v) is 8.70. The van der Waals surface area contributed by atoms with Gasteiger partial charge in [-0.1, -0.05) is 6.92 Å². The van der Waals surface area contributed by atoms with Crippen molar-refractivity contribution in [1.29, 1.82) is 0 Å². The molecule has 3 aromatic rings. The molecule has 3 aromatic heterocycles. The number of anilines is 1. The Morgan fingerprint density at radius 2 is 2.08 bits per heavy atom. The fourth-order valence-corrected chi connectivity index (χ4v) is 3.25. The van der Waals surface area contributed by atoms with E-state index in [1.165, 1.54) is 0 Å². The second-order valence-electron chi connectivity index (χ2n) is 6.40. The van der Waals surface area contributed by atoms with Crippen LogP contribution in [0.25, 0.3) is 5.82 Å². The maximum atomic E-state index is 4.68. The van der Waals surface area contributed by atoms with Gasteiger partial charge in [0, 0.05) is 18.7 Å². The van der Waals surface area contributed by atoms with Crippen molar-refractivity contribution in [2.24, 2.45) is 0 Å². The van der Waals surface area contributed by atoms with Crippen LogP contribution in [0.1, 0.15) is 48.8 Å². The Labute approximate surface area is 146 Å². The van der Waals surface area contributed by atoms with Gasteiger partial charge < -0.3 is 5.32 Å². The fourth-order valence-electron chi connectivity index (χ4n) is 3.25. The Kier molecular flexibility index (Phi) is 3.95. The first-order chi connectivity index (χ1) is 12.1. The van der Waals surface area contributed by atoms with Crippen LogP contribution >= 0.6 is 0 Å². The molecule has 4 heterocycles. The van der Waals surface area contributed by atoms with Crippen LogP contribution < -0.4 is 5.32 Å².